The molecule has 2 fully saturated rings. The number of carbonyl (C=O) groups is 1. The van der Waals surface area contributed by atoms with Crippen LogP contribution in [0.15, 0.2) is 30.4 Å². The second-order valence-corrected chi connectivity index (χ2v) is 7.57. The van der Waals surface area contributed by atoms with Crippen LogP contribution in [0.4, 0.5) is 5.69 Å². The number of aryl methyl sites for hydroxylation is 1. The lowest BCUT2D eigenvalue weighted by Crippen LogP contribution is -2.51. The molecule has 4 heteroatoms. The van der Waals surface area contributed by atoms with Gasteiger partial charge in [0.2, 0.25) is 5.91 Å². The molecule has 0 spiro atoms. The van der Waals surface area contributed by atoms with E-state index in [4.69, 9.17) is 11.6 Å². The van der Waals surface area contributed by atoms with Crippen LogP contribution < -0.4 is 4.90 Å². The third kappa shape index (κ3) is 2.76. The van der Waals surface area contributed by atoms with Crippen LogP contribution in [0.25, 0.3) is 0 Å². The minimum atomic E-state index is 0.240. The summed E-state index contributed by atoms with van der Waals surface area (Å²) in [7, 11) is 0. The van der Waals surface area contributed by atoms with Crippen LogP contribution in [-0.2, 0) is 4.79 Å². The van der Waals surface area contributed by atoms with Crippen molar-refractivity contribution in [2.75, 3.05) is 31.1 Å². The molecule has 4 rings (SSSR count). The zero-order valence-electron chi connectivity index (χ0n) is 13.5. The fraction of sp³-hybridized carbons (Fsp3) is 0.526. The van der Waals surface area contributed by atoms with E-state index >= 15 is 0 Å². The number of halogens is 1. The second-order valence-electron chi connectivity index (χ2n) is 7.13. The Kier molecular flexibility index (Phi) is 3.84. The number of allylic oxidation sites excluding steroid dienone is 2. The third-order valence-electron chi connectivity index (χ3n) is 5.70. The average Bonchev–Trinajstić information content (AvgIpc) is 3.20. The predicted molar refractivity (Wildman–Crippen MR) is 93.8 cm³/mol. The van der Waals surface area contributed by atoms with Gasteiger partial charge in [0.15, 0.2) is 0 Å². The van der Waals surface area contributed by atoms with Crippen molar-refractivity contribution in [2.45, 2.75) is 19.8 Å². The molecule has 1 heterocycles. The number of fused-ring (bicyclic) bond motifs is 2. The van der Waals surface area contributed by atoms with Crippen molar-refractivity contribution in [1.29, 1.82) is 0 Å². The lowest BCUT2D eigenvalue weighted by Gasteiger charge is -2.38. The highest BCUT2D eigenvalue weighted by Gasteiger charge is 2.41. The van der Waals surface area contributed by atoms with Crippen LogP contribution in [0.5, 0.6) is 0 Å². The monoisotopic (exact) mass is 330 g/mol. The molecule has 3 atom stereocenters. The second kappa shape index (κ2) is 5.86. The molecule has 1 saturated heterocycles. The normalized spacial score (nSPS) is 29.4. The summed E-state index contributed by atoms with van der Waals surface area (Å²) in [6.07, 6.45) is 6.82. The van der Waals surface area contributed by atoms with Gasteiger partial charge in [0.1, 0.15) is 0 Å². The maximum absolute atomic E-state index is 12.8. The van der Waals surface area contributed by atoms with Gasteiger partial charge in [-0.15, -0.1) is 0 Å². The summed E-state index contributed by atoms with van der Waals surface area (Å²) in [5.74, 6) is 1.78. The number of hydrogen-bond acceptors (Lipinski definition) is 2. The van der Waals surface area contributed by atoms with Gasteiger partial charge in [-0.2, -0.15) is 0 Å². The summed E-state index contributed by atoms with van der Waals surface area (Å²) < 4.78 is 0. The summed E-state index contributed by atoms with van der Waals surface area (Å²) in [6.45, 7) is 5.54. The maximum atomic E-state index is 12.8. The smallest absolute Gasteiger partial charge is 0.226 e. The molecule has 1 aromatic carbocycles. The highest BCUT2D eigenvalue weighted by Crippen LogP contribution is 2.44. The van der Waals surface area contributed by atoms with E-state index in [9.17, 15) is 4.79 Å². The van der Waals surface area contributed by atoms with Crippen molar-refractivity contribution in [3.8, 4) is 0 Å². The Morgan fingerprint density at radius 2 is 1.91 bits per heavy atom. The Morgan fingerprint density at radius 3 is 2.57 bits per heavy atom. The Labute approximate surface area is 142 Å². The standard InChI is InChI=1S/C19H23ClN2O/c1-13-2-5-16(20)12-18(13)21-6-8-22(9-7-21)19(23)17-11-14-3-4-15(17)10-14/h2-5,12,14-15,17H,6-11H2,1H3. The van der Waals surface area contributed by atoms with Gasteiger partial charge in [0.25, 0.3) is 0 Å². The van der Waals surface area contributed by atoms with Gasteiger partial charge in [-0.25, -0.2) is 0 Å². The highest BCUT2D eigenvalue weighted by molar-refractivity contribution is 6.30. The quantitative estimate of drug-likeness (QED) is 0.775. The first-order chi connectivity index (χ1) is 11.1. The molecule has 3 unspecified atom stereocenters. The fourth-order valence-electron chi connectivity index (χ4n) is 4.39. The first-order valence-electron chi connectivity index (χ1n) is 8.60. The van der Waals surface area contributed by atoms with Crippen molar-refractivity contribution >= 4 is 23.2 Å². The van der Waals surface area contributed by atoms with E-state index in [2.05, 4.69) is 34.9 Å². The summed E-state index contributed by atoms with van der Waals surface area (Å²) in [4.78, 5) is 17.2. The molecule has 122 valence electrons. The zero-order chi connectivity index (χ0) is 16.0. The molecule has 1 aromatic rings. The van der Waals surface area contributed by atoms with Gasteiger partial charge in [0, 0.05) is 42.8 Å². The van der Waals surface area contributed by atoms with E-state index in [1.54, 1.807) is 0 Å². The molecule has 1 aliphatic heterocycles. The number of hydrogen-bond donors (Lipinski definition) is 0. The van der Waals surface area contributed by atoms with Gasteiger partial charge in [-0.3, -0.25) is 4.79 Å². The van der Waals surface area contributed by atoms with E-state index in [1.807, 2.05) is 12.1 Å². The number of piperazine rings is 1. The molecule has 1 saturated carbocycles. The Balaban J connectivity index is 1.40. The topological polar surface area (TPSA) is 23.6 Å². The van der Waals surface area contributed by atoms with E-state index in [0.717, 1.165) is 37.6 Å². The van der Waals surface area contributed by atoms with Gasteiger partial charge in [0.05, 0.1) is 0 Å². The van der Waals surface area contributed by atoms with Crippen LogP contribution in [-0.4, -0.2) is 37.0 Å². The summed E-state index contributed by atoms with van der Waals surface area (Å²) in [6, 6.07) is 6.04. The van der Waals surface area contributed by atoms with Crippen molar-refractivity contribution < 1.29 is 4.79 Å². The molecule has 0 N–H and O–H groups in total. The van der Waals surface area contributed by atoms with Crippen LogP contribution in [0, 0.1) is 24.7 Å². The number of amides is 1. The summed E-state index contributed by atoms with van der Waals surface area (Å²) >= 11 is 6.14. The molecule has 0 aromatic heterocycles. The lowest BCUT2D eigenvalue weighted by molar-refractivity contribution is -0.136. The van der Waals surface area contributed by atoms with Gasteiger partial charge >= 0.3 is 0 Å². The van der Waals surface area contributed by atoms with Crippen LogP contribution in [0.1, 0.15) is 18.4 Å². The number of anilines is 1. The number of nitrogens with zero attached hydrogens (tertiary/aromatic N) is 2. The van der Waals surface area contributed by atoms with Gasteiger partial charge < -0.3 is 9.80 Å². The molecule has 2 aliphatic carbocycles. The zero-order valence-corrected chi connectivity index (χ0v) is 14.3. The van der Waals surface area contributed by atoms with Crippen LogP contribution in [0.3, 0.4) is 0 Å². The van der Waals surface area contributed by atoms with Crippen molar-refractivity contribution in [3.05, 3.63) is 40.9 Å². The molecule has 3 nitrogen and oxygen atoms in total. The van der Waals surface area contributed by atoms with Crippen molar-refractivity contribution in [3.63, 3.8) is 0 Å². The van der Waals surface area contributed by atoms with E-state index < -0.39 is 0 Å². The summed E-state index contributed by atoms with van der Waals surface area (Å²) in [5.41, 5.74) is 2.44. The molecule has 3 aliphatic rings. The lowest BCUT2D eigenvalue weighted by atomic mass is 9.92. The molecule has 1 amide bonds. The van der Waals surface area contributed by atoms with Crippen molar-refractivity contribution in [1.82, 2.24) is 4.90 Å². The fourth-order valence-corrected chi connectivity index (χ4v) is 4.56. The largest absolute Gasteiger partial charge is 0.368 e. The van der Waals surface area contributed by atoms with Gasteiger partial charge in [-0.1, -0.05) is 29.8 Å². The first kappa shape index (κ1) is 15.1. The predicted octanol–water partition coefficient (Wildman–Crippen LogP) is 3.51. The number of carbonyl (C=O) groups excluding carboxylic acids is 1. The van der Waals surface area contributed by atoms with Crippen LogP contribution >= 0.6 is 11.6 Å². The Hall–Kier alpha value is -1.48. The SMILES string of the molecule is Cc1ccc(Cl)cc1N1CCN(C(=O)C2CC3C=CC2C3)CC1. The number of benzene rings is 1. The van der Waals surface area contributed by atoms with Gasteiger partial charge in [-0.05, 0) is 49.3 Å². The minimum absolute atomic E-state index is 0.240. The van der Waals surface area contributed by atoms with E-state index in [1.165, 1.54) is 17.7 Å². The maximum Gasteiger partial charge on any atom is 0.226 e. The molecular formula is C19H23ClN2O. The van der Waals surface area contributed by atoms with Crippen molar-refractivity contribution in [2.24, 2.45) is 17.8 Å². The van der Waals surface area contributed by atoms with E-state index in [-0.39, 0.29) is 5.92 Å². The summed E-state index contributed by atoms with van der Waals surface area (Å²) in [5, 5.41) is 0.776. The molecule has 2 bridgehead atoms. The Bertz CT molecular complexity index is 649. The highest BCUT2D eigenvalue weighted by atomic mass is 35.5. The van der Waals surface area contributed by atoms with E-state index in [0.29, 0.717) is 17.7 Å². The Morgan fingerprint density at radius 1 is 1.13 bits per heavy atom. The molecular weight excluding hydrogens is 308 g/mol. The first-order valence-corrected chi connectivity index (χ1v) is 8.98. The molecule has 0 radical (unpaired) electrons. The molecule has 23 heavy (non-hydrogen) atoms. The van der Waals surface area contributed by atoms with Crippen LogP contribution in [0.2, 0.25) is 5.02 Å². The number of rotatable bonds is 2. The minimum Gasteiger partial charge on any atom is -0.368 e. The average molecular weight is 331 g/mol. The third-order valence-corrected chi connectivity index (χ3v) is 5.93.